The summed E-state index contributed by atoms with van der Waals surface area (Å²) in [5.41, 5.74) is 1.83. The third-order valence-corrected chi connectivity index (χ3v) is 5.74. The highest BCUT2D eigenvalue weighted by molar-refractivity contribution is 5.92. The van der Waals surface area contributed by atoms with Crippen LogP contribution in [0.5, 0.6) is 0 Å². The summed E-state index contributed by atoms with van der Waals surface area (Å²) in [5.74, 6) is 1.36. The van der Waals surface area contributed by atoms with E-state index < -0.39 is 0 Å². The van der Waals surface area contributed by atoms with Crippen molar-refractivity contribution < 1.29 is 18.2 Å². The van der Waals surface area contributed by atoms with Gasteiger partial charge < -0.3 is 13.9 Å². The van der Waals surface area contributed by atoms with Crippen molar-refractivity contribution in [1.29, 1.82) is 0 Å². The highest BCUT2D eigenvalue weighted by Crippen LogP contribution is 2.40. The second-order valence-electron chi connectivity index (χ2n) is 7.88. The van der Waals surface area contributed by atoms with Gasteiger partial charge in [0.25, 0.3) is 5.91 Å². The maximum Gasteiger partial charge on any atom is 0.276 e. The quantitative estimate of drug-likeness (QED) is 0.614. The number of benzene rings is 1. The Morgan fingerprint density at radius 1 is 1.00 bits per heavy atom. The van der Waals surface area contributed by atoms with Crippen LogP contribution >= 0.6 is 0 Å². The van der Waals surface area contributed by atoms with Crippen molar-refractivity contribution in [2.45, 2.75) is 50.5 Å². The summed E-state index contributed by atoms with van der Waals surface area (Å²) in [6.07, 6.45) is 6.03. The van der Waals surface area contributed by atoms with E-state index in [4.69, 9.17) is 9.05 Å². The minimum absolute atomic E-state index is 0.126. The van der Waals surface area contributed by atoms with Crippen LogP contribution < -0.4 is 0 Å². The van der Waals surface area contributed by atoms with Gasteiger partial charge in [-0.2, -0.15) is 0 Å². The Morgan fingerprint density at radius 3 is 2.62 bits per heavy atom. The number of carbonyl (C=O) groups is 1. The predicted molar refractivity (Wildman–Crippen MR) is 103 cm³/mol. The molecular formula is C22H22FN3O3. The first-order chi connectivity index (χ1) is 14.2. The molecular weight excluding hydrogens is 373 g/mol. The molecule has 1 aliphatic carbocycles. The zero-order valence-electron chi connectivity index (χ0n) is 16.0. The van der Waals surface area contributed by atoms with Crippen LogP contribution in [0.15, 0.2) is 45.4 Å². The van der Waals surface area contributed by atoms with E-state index in [0.29, 0.717) is 29.6 Å². The van der Waals surface area contributed by atoms with E-state index >= 15 is 0 Å². The first kappa shape index (κ1) is 18.1. The molecule has 1 aromatic carbocycles. The molecule has 3 heterocycles. The number of amides is 1. The molecule has 29 heavy (non-hydrogen) atoms. The molecule has 7 heteroatoms. The van der Waals surface area contributed by atoms with Crippen molar-refractivity contribution in [3.8, 4) is 11.3 Å². The molecule has 6 nitrogen and oxygen atoms in total. The number of likely N-dealkylation sites (tertiary alicyclic amines) is 1. The zero-order valence-corrected chi connectivity index (χ0v) is 16.0. The Hall–Kier alpha value is -2.96. The standard InChI is InChI=1S/C22H22FN3O3/c23-16-9-7-15(8-10-16)20-12-17(24-28-20)19-4-2-1-3-11-26(19)22(27)18-13-21(29-25-18)14-5-6-14/h7-10,12-14,19H,1-6,11H2/t19-/m1/s1. The van der Waals surface area contributed by atoms with Crippen LogP contribution in [-0.2, 0) is 0 Å². The van der Waals surface area contributed by atoms with Crippen LogP contribution in [0.1, 0.15) is 72.4 Å². The summed E-state index contributed by atoms with van der Waals surface area (Å²) in [4.78, 5) is 15.1. The van der Waals surface area contributed by atoms with Gasteiger partial charge in [-0.3, -0.25) is 4.79 Å². The fraction of sp³-hybridized carbons (Fsp3) is 0.409. The molecule has 2 fully saturated rings. The van der Waals surface area contributed by atoms with E-state index in [1.165, 1.54) is 12.1 Å². The Balaban J connectivity index is 1.41. The summed E-state index contributed by atoms with van der Waals surface area (Å²) in [6.45, 7) is 0.647. The van der Waals surface area contributed by atoms with Crippen LogP contribution in [0, 0.1) is 5.82 Å². The first-order valence-corrected chi connectivity index (χ1v) is 10.2. The van der Waals surface area contributed by atoms with Crippen molar-refractivity contribution in [1.82, 2.24) is 15.2 Å². The van der Waals surface area contributed by atoms with E-state index in [1.54, 1.807) is 18.2 Å². The SMILES string of the molecule is O=C(c1cc(C2CC2)on1)N1CCCCC[C@@H]1c1cc(-c2ccc(F)cc2)on1. The van der Waals surface area contributed by atoms with Crippen LogP contribution in [0.3, 0.4) is 0 Å². The van der Waals surface area contributed by atoms with Gasteiger partial charge in [0, 0.05) is 30.2 Å². The van der Waals surface area contributed by atoms with Crippen LogP contribution in [-0.4, -0.2) is 27.7 Å². The molecule has 150 valence electrons. The van der Waals surface area contributed by atoms with Crippen molar-refractivity contribution in [2.24, 2.45) is 0 Å². The van der Waals surface area contributed by atoms with Crippen molar-refractivity contribution in [3.05, 3.63) is 59.4 Å². The Kier molecular flexibility index (Phi) is 4.66. The molecule has 1 atom stereocenters. The largest absolute Gasteiger partial charge is 0.360 e. The summed E-state index contributed by atoms with van der Waals surface area (Å²) in [6, 6.07) is 9.55. The molecule has 2 aromatic heterocycles. The van der Waals surface area contributed by atoms with Gasteiger partial charge in [0.05, 0.1) is 6.04 Å². The van der Waals surface area contributed by atoms with E-state index in [1.807, 2.05) is 11.0 Å². The minimum Gasteiger partial charge on any atom is -0.360 e. The number of nitrogens with zero attached hydrogens (tertiary/aromatic N) is 3. The number of halogens is 1. The van der Waals surface area contributed by atoms with Gasteiger partial charge in [-0.1, -0.05) is 23.2 Å². The van der Waals surface area contributed by atoms with Crippen LogP contribution in [0.4, 0.5) is 4.39 Å². The van der Waals surface area contributed by atoms with Crippen molar-refractivity contribution >= 4 is 5.91 Å². The maximum absolute atomic E-state index is 13.2. The van der Waals surface area contributed by atoms with Gasteiger partial charge >= 0.3 is 0 Å². The average molecular weight is 395 g/mol. The van der Waals surface area contributed by atoms with E-state index in [0.717, 1.165) is 49.8 Å². The third-order valence-electron chi connectivity index (χ3n) is 5.74. The maximum atomic E-state index is 13.2. The molecule has 0 bridgehead atoms. The van der Waals surface area contributed by atoms with Gasteiger partial charge in [0.2, 0.25) is 0 Å². The third kappa shape index (κ3) is 3.69. The average Bonchev–Trinajstić information content (AvgIpc) is 3.35. The lowest BCUT2D eigenvalue weighted by molar-refractivity contribution is 0.0663. The topological polar surface area (TPSA) is 72.4 Å². The zero-order chi connectivity index (χ0) is 19.8. The Morgan fingerprint density at radius 2 is 1.83 bits per heavy atom. The fourth-order valence-electron chi connectivity index (χ4n) is 3.95. The lowest BCUT2D eigenvalue weighted by atomic mass is 10.0. The second kappa shape index (κ2) is 7.46. The van der Waals surface area contributed by atoms with E-state index in [-0.39, 0.29) is 17.8 Å². The summed E-state index contributed by atoms with van der Waals surface area (Å²) in [7, 11) is 0. The van der Waals surface area contributed by atoms with Gasteiger partial charge in [0.1, 0.15) is 17.3 Å². The minimum atomic E-state index is -0.299. The van der Waals surface area contributed by atoms with Gasteiger partial charge in [-0.25, -0.2) is 4.39 Å². The Labute approximate surface area is 167 Å². The number of hydrogen-bond acceptors (Lipinski definition) is 5. The Bertz CT molecular complexity index is 1010. The van der Waals surface area contributed by atoms with Gasteiger partial charge in [-0.05, 0) is 49.9 Å². The molecule has 0 N–H and O–H groups in total. The van der Waals surface area contributed by atoms with Crippen molar-refractivity contribution in [2.75, 3.05) is 6.54 Å². The highest BCUT2D eigenvalue weighted by Gasteiger charge is 2.33. The van der Waals surface area contributed by atoms with E-state index in [2.05, 4.69) is 10.3 Å². The highest BCUT2D eigenvalue weighted by atomic mass is 19.1. The van der Waals surface area contributed by atoms with Crippen LogP contribution in [0.2, 0.25) is 0 Å². The molecule has 0 spiro atoms. The van der Waals surface area contributed by atoms with Crippen molar-refractivity contribution in [3.63, 3.8) is 0 Å². The smallest absolute Gasteiger partial charge is 0.276 e. The first-order valence-electron chi connectivity index (χ1n) is 10.2. The number of hydrogen-bond donors (Lipinski definition) is 0. The molecule has 0 radical (unpaired) electrons. The van der Waals surface area contributed by atoms with Crippen LogP contribution in [0.25, 0.3) is 11.3 Å². The predicted octanol–water partition coefficient (Wildman–Crippen LogP) is 5.10. The number of rotatable bonds is 4. The molecule has 0 unspecified atom stereocenters. The van der Waals surface area contributed by atoms with Gasteiger partial charge in [0.15, 0.2) is 11.5 Å². The lowest BCUT2D eigenvalue weighted by Gasteiger charge is -2.27. The second-order valence-corrected chi connectivity index (χ2v) is 7.88. The summed E-state index contributed by atoms with van der Waals surface area (Å²) >= 11 is 0. The summed E-state index contributed by atoms with van der Waals surface area (Å²) < 4.78 is 24.1. The molecule has 3 aromatic rings. The molecule has 1 saturated carbocycles. The number of carbonyl (C=O) groups excluding carboxylic acids is 1. The normalized spacial score (nSPS) is 19.9. The molecule has 1 saturated heterocycles. The molecule has 1 amide bonds. The molecule has 1 aliphatic heterocycles. The van der Waals surface area contributed by atoms with E-state index in [9.17, 15) is 9.18 Å². The fourth-order valence-corrected chi connectivity index (χ4v) is 3.95. The monoisotopic (exact) mass is 395 g/mol. The molecule has 5 rings (SSSR count). The number of aromatic nitrogens is 2. The summed E-state index contributed by atoms with van der Waals surface area (Å²) in [5, 5.41) is 8.27. The molecule has 2 aliphatic rings. The lowest BCUT2D eigenvalue weighted by Crippen LogP contribution is -2.35. The van der Waals surface area contributed by atoms with Gasteiger partial charge in [-0.15, -0.1) is 0 Å².